The summed E-state index contributed by atoms with van der Waals surface area (Å²) < 4.78 is 9.78. The number of hydrogen-bond acceptors (Lipinski definition) is 7. The monoisotopic (exact) mass is 313 g/mol. The van der Waals surface area contributed by atoms with Gasteiger partial charge in [0.25, 0.3) is 0 Å². The summed E-state index contributed by atoms with van der Waals surface area (Å²) in [6.07, 6.45) is 2.07. The van der Waals surface area contributed by atoms with Gasteiger partial charge in [0.05, 0.1) is 10.7 Å². The van der Waals surface area contributed by atoms with E-state index in [-0.39, 0.29) is 17.5 Å². The fourth-order valence-electron chi connectivity index (χ4n) is 2.13. The maximum Gasteiger partial charge on any atom is 0.357 e. The first-order chi connectivity index (χ1) is 9.71. The molecule has 1 fully saturated rings. The molecule has 2 aliphatic heterocycles. The molecule has 0 aliphatic carbocycles. The third-order valence-electron chi connectivity index (χ3n) is 3.51. The van der Waals surface area contributed by atoms with Crippen LogP contribution in [0.3, 0.4) is 0 Å². The van der Waals surface area contributed by atoms with Crippen molar-refractivity contribution in [1.82, 2.24) is 4.90 Å². The Morgan fingerprint density at radius 1 is 1.38 bits per heavy atom. The third-order valence-corrected chi connectivity index (χ3v) is 4.11. The Morgan fingerprint density at radius 3 is 2.57 bits per heavy atom. The number of allylic oxidation sites excluding steroid dienone is 1. The van der Waals surface area contributed by atoms with Gasteiger partial charge in [-0.1, -0.05) is 0 Å². The lowest BCUT2D eigenvalue weighted by Crippen LogP contribution is -2.57. The van der Waals surface area contributed by atoms with E-state index in [4.69, 9.17) is 9.47 Å². The molecule has 7 heteroatoms. The highest BCUT2D eigenvalue weighted by Crippen LogP contribution is 2.33. The van der Waals surface area contributed by atoms with Crippen LogP contribution < -0.4 is 0 Å². The highest BCUT2D eigenvalue weighted by Gasteiger charge is 2.43. The van der Waals surface area contributed by atoms with Crippen LogP contribution in [0.2, 0.25) is 0 Å². The van der Waals surface area contributed by atoms with Crippen molar-refractivity contribution in [1.29, 1.82) is 0 Å². The van der Waals surface area contributed by atoms with Gasteiger partial charge < -0.3 is 14.4 Å². The van der Waals surface area contributed by atoms with E-state index in [1.165, 1.54) is 6.08 Å². The van der Waals surface area contributed by atoms with Crippen LogP contribution in [-0.4, -0.2) is 47.3 Å². The highest BCUT2D eigenvalue weighted by molar-refractivity contribution is 7.82. The Kier molecular flexibility index (Phi) is 4.32. The van der Waals surface area contributed by atoms with E-state index in [1.54, 1.807) is 25.7 Å². The second kappa shape index (κ2) is 5.71. The molecule has 2 rings (SSSR count). The molecule has 0 aromatic heterocycles. The van der Waals surface area contributed by atoms with E-state index in [9.17, 15) is 14.4 Å². The molecule has 0 bridgehead atoms. The maximum atomic E-state index is 12.0. The van der Waals surface area contributed by atoms with Crippen molar-refractivity contribution in [2.75, 3.05) is 13.3 Å². The molecule has 0 aromatic rings. The summed E-state index contributed by atoms with van der Waals surface area (Å²) in [5.74, 6) is -1.31. The predicted octanol–water partition coefficient (Wildman–Crippen LogP) is 0.916. The van der Waals surface area contributed by atoms with E-state index < -0.39 is 29.4 Å². The minimum atomic E-state index is -0.658. The summed E-state index contributed by atoms with van der Waals surface area (Å²) in [5.41, 5.74) is -0.442. The molecular formula is C14H19NO5S. The van der Waals surface area contributed by atoms with Gasteiger partial charge in [0, 0.05) is 18.7 Å². The Hall–Kier alpha value is -1.50. The zero-order valence-electron chi connectivity index (χ0n) is 12.3. The van der Waals surface area contributed by atoms with Gasteiger partial charge in [0.1, 0.15) is 5.70 Å². The van der Waals surface area contributed by atoms with E-state index in [0.717, 1.165) is 6.42 Å². The Bertz CT molecular complexity index is 508. The second-order valence-electron chi connectivity index (χ2n) is 6.16. The van der Waals surface area contributed by atoms with Crippen molar-refractivity contribution in [2.45, 2.75) is 38.5 Å². The molecule has 1 saturated heterocycles. The minimum absolute atomic E-state index is 0.0505. The summed E-state index contributed by atoms with van der Waals surface area (Å²) in [6.45, 7) is 5.35. The second-order valence-corrected chi connectivity index (χ2v) is 6.71. The number of nitrogens with zero attached hydrogens (tertiary/aromatic N) is 1. The standard InChI is InChI=1S/C14H19NO5S/c1-14(2,3)13(18)20-7-19-12(17)9-6-10(16)11(21)8-4-5-15(8)9/h6,8,11,21H,4-5,7H2,1-3H3. The number of carbonyl (C=O) groups is 3. The smallest absolute Gasteiger partial charge is 0.357 e. The molecule has 2 aliphatic rings. The number of rotatable bonds is 3. The van der Waals surface area contributed by atoms with E-state index in [2.05, 4.69) is 12.6 Å². The van der Waals surface area contributed by atoms with Crippen LogP contribution in [0.15, 0.2) is 11.8 Å². The lowest BCUT2D eigenvalue weighted by atomic mass is 9.91. The quantitative estimate of drug-likeness (QED) is 0.474. The van der Waals surface area contributed by atoms with E-state index in [1.807, 2.05) is 0 Å². The average Bonchev–Trinajstić information content (AvgIpc) is 2.33. The fraction of sp³-hybridized carbons (Fsp3) is 0.643. The van der Waals surface area contributed by atoms with Crippen LogP contribution in [0.4, 0.5) is 0 Å². The molecule has 116 valence electrons. The number of carbonyl (C=O) groups excluding carboxylic acids is 3. The Labute approximate surface area is 128 Å². The summed E-state index contributed by atoms with van der Waals surface area (Å²) in [5, 5.41) is -0.394. The first kappa shape index (κ1) is 15.9. The van der Waals surface area contributed by atoms with Crippen LogP contribution in [0.1, 0.15) is 27.2 Å². The van der Waals surface area contributed by atoms with Gasteiger partial charge in [-0.15, -0.1) is 0 Å². The number of ether oxygens (including phenoxy) is 2. The zero-order valence-corrected chi connectivity index (χ0v) is 13.2. The van der Waals surface area contributed by atoms with Crippen LogP contribution in [0, 0.1) is 5.41 Å². The lowest BCUT2D eigenvalue weighted by molar-refractivity contribution is -0.172. The number of ketones is 1. The third kappa shape index (κ3) is 3.23. The summed E-state index contributed by atoms with van der Waals surface area (Å²) in [4.78, 5) is 37.1. The van der Waals surface area contributed by atoms with Crippen molar-refractivity contribution in [3.05, 3.63) is 11.8 Å². The van der Waals surface area contributed by atoms with Crippen LogP contribution in [0.5, 0.6) is 0 Å². The summed E-state index contributed by atoms with van der Waals surface area (Å²) in [7, 11) is 0. The fourth-order valence-corrected chi connectivity index (χ4v) is 2.52. The van der Waals surface area contributed by atoms with Gasteiger partial charge in [-0.05, 0) is 27.2 Å². The minimum Gasteiger partial charge on any atom is -0.427 e. The molecule has 6 nitrogen and oxygen atoms in total. The largest absolute Gasteiger partial charge is 0.427 e. The number of thiol groups is 1. The molecule has 0 spiro atoms. The SMILES string of the molecule is CC(C)(C)C(=O)OCOC(=O)C1=CC(=O)C(S)C2CCN12. The van der Waals surface area contributed by atoms with Gasteiger partial charge in [-0.3, -0.25) is 9.59 Å². The van der Waals surface area contributed by atoms with Gasteiger partial charge in [-0.2, -0.15) is 12.6 Å². The van der Waals surface area contributed by atoms with Crippen molar-refractivity contribution < 1.29 is 23.9 Å². The van der Waals surface area contributed by atoms with E-state index in [0.29, 0.717) is 6.54 Å². The van der Waals surface area contributed by atoms with Crippen LogP contribution in [-0.2, 0) is 23.9 Å². The normalized spacial score (nSPS) is 24.7. The molecule has 0 amide bonds. The Balaban J connectivity index is 1.91. The number of fused-ring (bicyclic) bond motifs is 1. The number of esters is 2. The molecule has 2 unspecified atom stereocenters. The van der Waals surface area contributed by atoms with Crippen molar-refractivity contribution in [3.63, 3.8) is 0 Å². The van der Waals surface area contributed by atoms with Gasteiger partial charge in [0.2, 0.25) is 6.79 Å². The Morgan fingerprint density at radius 2 is 2.05 bits per heavy atom. The van der Waals surface area contributed by atoms with Crippen molar-refractivity contribution in [2.24, 2.45) is 5.41 Å². The van der Waals surface area contributed by atoms with Gasteiger partial charge in [-0.25, -0.2) is 4.79 Å². The van der Waals surface area contributed by atoms with Gasteiger partial charge >= 0.3 is 11.9 Å². The topological polar surface area (TPSA) is 72.9 Å². The molecule has 0 saturated carbocycles. The van der Waals surface area contributed by atoms with Crippen molar-refractivity contribution in [3.8, 4) is 0 Å². The van der Waals surface area contributed by atoms with Gasteiger partial charge in [0.15, 0.2) is 5.78 Å². The first-order valence-electron chi connectivity index (χ1n) is 6.76. The first-order valence-corrected chi connectivity index (χ1v) is 7.28. The molecule has 21 heavy (non-hydrogen) atoms. The van der Waals surface area contributed by atoms with Crippen LogP contribution >= 0.6 is 12.6 Å². The highest BCUT2D eigenvalue weighted by atomic mass is 32.1. The molecule has 0 radical (unpaired) electrons. The van der Waals surface area contributed by atoms with Crippen LogP contribution in [0.25, 0.3) is 0 Å². The molecule has 0 aromatic carbocycles. The average molecular weight is 313 g/mol. The molecule has 2 atom stereocenters. The zero-order chi connectivity index (χ0) is 15.8. The van der Waals surface area contributed by atoms with E-state index >= 15 is 0 Å². The molecule has 0 N–H and O–H groups in total. The summed E-state index contributed by atoms with van der Waals surface area (Å²) >= 11 is 4.24. The number of hydrogen-bond donors (Lipinski definition) is 1. The predicted molar refractivity (Wildman–Crippen MR) is 77.5 cm³/mol. The maximum absolute atomic E-state index is 12.0. The molecule has 2 heterocycles. The molecular weight excluding hydrogens is 294 g/mol. The lowest BCUT2D eigenvalue weighted by Gasteiger charge is -2.47. The summed E-state index contributed by atoms with van der Waals surface area (Å²) in [6, 6.07) is -0.0505. The van der Waals surface area contributed by atoms with Crippen molar-refractivity contribution >= 4 is 30.4 Å².